The first-order valence-corrected chi connectivity index (χ1v) is 7.93. The standard InChI is InChI=1S/C11H18N2O3S2/c1-4-11(2,3)10(14)13-7-8-5-6-9(17-8)18(12,15)16/h5-6H,4,7H2,1-3H3,(H,13,14)(H2,12,15,16). The lowest BCUT2D eigenvalue weighted by molar-refractivity contribution is -0.129. The van der Waals surface area contributed by atoms with Crippen LogP contribution in [0, 0.1) is 5.41 Å². The van der Waals surface area contributed by atoms with Crippen molar-refractivity contribution in [1.29, 1.82) is 0 Å². The second kappa shape index (κ2) is 5.38. The van der Waals surface area contributed by atoms with E-state index < -0.39 is 15.4 Å². The molecule has 0 aliphatic rings. The number of hydrogen-bond donors (Lipinski definition) is 2. The Bertz CT molecular complexity index is 532. The highest BCUT2D eigenvalue weighted by atomic mass is 32.2. The van der Waals surface area contributed by atoms with Gasteiger partial charge in [-0.2, -0.15) is 0 Å². The van der Waals surface area contributed by atoms with Crippen molar-refractivity contribution < 1.29 is 13.2 Å². The van der Waals surface area contributed by atoms with Crippen LogP contribution in [-0.4, -0.2) is 14.3 Å². The van der Waals surface area contributed by atoms with E-state index in [0.29, 0.717) is 6.54 Å². The molecule has 0 bridgehead atoms. The van der Waals surface area contributed by atoms with Crippen LogP contribution in [-0.2, 0) is 21.4 Å². The van der Waals surface area contributed by atoms with Gasteiger partial charge in [-0.25, -0.2) is 13.6 Å². The fraction of sp³-hybridized carbons (Fsp3) is 0.545. The maximum absolute atomic E-state index is 11.8. The number of hydrogen-bond acceptors (Lipinski definition) is 4. The molecule has 18 heavy (non-hydrogen) atoms. The summed E-state index contributed by atoms with van der Waals surface area (Å²) in [7, 11) is -3.65. The van der Waals surface area contributed by atoms with Crippen molar-refractivity contribution in [1.82, 2.24) is 5.32 Å². The summed E-state index contributed by atoms with van der Waals surface area (Å²) >= 11 is 1.07. The van der Waals surface area contributed by atoms with Crippen molar-refractivity contribution in [3.8, 4) is 0 Å². The van der Waals surface area contributed by atoms with Crippen LogP contribution in [0.3, 0.4) is 0 Å². The number of nitrogens with one attached hydrogen (secondary N) is 1. The second-order valence-electron chi connectivity index (χ2n) is 4.69. The fourth-order valence-electron chi connectivity index (χ4n) is 1.17. The summed E-state index contributed by atoms with van der Waals surface area (Å²) < 4.78 is 22.3. The van der Waals surface area contributed by atoms with Crippen molar-refractivity contribution in [3.05, 3.63) is 17.0 Å². The van der Waals surface area contributed by atoms with Crippen molar-refractivity contribution in [2.75, 3.05) is 0 Å². The van der Waals surface area contributed by atoms with Gasteiger partial charge >= 0.3 is 0 Å². The molecule has 0 fully saturated rings. The van der Waals surface area contributed by atoms with E-state index in [0.717, 1.165) is 22.6 Å². The van der Waals surface area contributed by atoms with E-state index in [1.165, 1.54) is 6.07 Å². The average Bonchev–Trinajstić information content (AvgIpc) is 2.74. The molecule has 1 aromatic rings. The van der Waals surface area contributed by atoms with E-state index in [-0.39, 0.29) is 10.1 Å². The molecule has 1 heterocycles. The Kier molecular flexibility index (Phi) is 4.52. The van der Waals surface area contributed by atoms with Crippen LogP contribution in [0.2, 0.25) is 0 Å². The zero-order chi connectivity index (χ0) is 14.0. The maximum atomic E-state index is 11.8. The third-order valence-electron chi connectivity index (χ3n) is 2.84. The minimum absolute atomic E-state index is 0.0458. The second-order valence-corrected chi connectivity index (χ2v) is 7.64. The summed E-state index contributed by atoms with van der Waals surface area (Å²) in [6.07, 6.45) is 0.742. The number of primary sulfonamides is 1. The highest BCUT2D eigenvalue weighted by Crippen LogP contribution is 2.22. The van der Waals surface area contributed by atoms with Gasteiger partial charge in [-0.3, -0.25) is 4.79 Å². The first-order chi connectivity index (χ1) is 8.16. The molecule has 0 radical (unpaired) electrons. The molecule has 7 heteroatoms. The molecule has 1 aromatic heterocycles. The quantitative estimate of drug-likeness (QED) is 0.860. The molecule has 0 saturated carbocycles. The van der Waals surface area contributed by atoms with Crippen LogP contribution in [0.25, 0.3) is 0 Å². The van der Waals surface area contributed by atoms with Gasteiger partial charge < -0.3 is 5.32 Å². The number of rotatable bonds is 5. The van der Waals surface area contributed by atoms with Crippen LogP contribution >= 0.6 is 11.3 Å². The van der Waals surface area contributed by atoms with Gasteiger partial charge in [-0.1, -0.05) is 20.8 Å². The van der Waals surface area contributed by atoms with E-state index in [4.69, 9.17) is 5.14 Å². The molecule has 0 unspecified atom stereocenters. The molecule has 1 rings (SSSR count). The van der Waals surface area contributed by atoms with Crippen molar-refractivity contribution >= 4 is 27.3 Å². The number of amides is 1. The van der Waals surface area contributed by atoms with Crippen LogP contribution in [0.15, 0.2) is 16.3 Å². The Morgan fingerprint density at radius 1 is 1.44 bits per heavy atom. The van der Waals surface area contributed by atoms with E-state index in [9.17, 15) is 13.2 Å². The lowest BCUT2D eigenvalue weighted by Crippen LogP contribution is -2.35. The summed E-state index contributed by atoms with van der Waals surface area (Å²) in [6.45, 7) is 6.01. The number of thiophene rings is 1. The Hall–Kier alpha value is -0.920. The van der Waals surface area contributed by atoms with Crippen molar-refractivity contribution in [2.45, 2.75) is 37.9 Å². The minimum Gasteiger partial charge on any atom is -0.351 e. The van der Waals surface area contributed by atoms with Crippen molar-refractivity contribution in [3.63, 3.8) is 0 Å². The van der Waals surface area contributed by atoms with E-state index in [1.807, 2.05) is 20.8 Å². The molecule has 0 aromatic carbocycles. The predicted molar refractivity (Wildman–Crippen MR) is 71.6 cm³/mol. The van der Waals surface area contributed by atoms with E-state index in [1.54, 1.807) is 6.07 Å². The van der Waals surface area contributed by atoms with E-state index >= 15 is 0 Å². The molecule has 102 valence electrons. The van der Waals surface area contributed by atoms with Gasteiger partial charge in [-0.05, 0) is 18.6 Å². The third-order valence-corrected chi connectivity index (χ3v) is 5.36. The number of sulfonamides is 1. The van der Waals surface area contributed by atoms with Crippen LogP contribution in [0.5, 0.6) is 0 Å². The molecule has 0 spiro atoms. The van der Waals surface area contributed by atoms with Crippen LogP contribution < -0.4 is 10.5 Å². The van der Waals surface area contributed by atoms with Gasteiger partial charge in [0.05, 0.1) is 6.54 Å². The molecule has 0 saturated heterocycles. The van der Waals surface area contributed by atoms with Gasteiger partial charge in [0.2, 0.25) is 15.9 Å². The minimum atomic E-state index is -3.65. The smallest absolute Gasteiger partial charge is 0.247 e. The largest absolute Gasteiger partial charge is 0.351 e. The Morgan fingerprint density at radius 3 is 2.50 bits per heavy atom. The lowest BCUT2D eigenvalue weighted by Gasteiger charge is -2.21. The van der Waals surface area contributed by atoms with E-state index in [2.05, 4.69) is 5.32 Å². The maximum Gasteiger partial charge on any atom is 0.247 e. The average molecular weight is 290 g/mol. The number of nitrogens with two attached hydrogens (primary N) is 1. The number of carbonyl (C=O) groups is 1. The van der Waals surface area contributed by atoms with Crippen LogP contribution in [0.1, 0.15) is 32.1 Å². The topological polar surface area (TPSA) is 89.3 Å². The lowest BCUT2D eigenvalue weighted by atomic mass is 9.89. The summed E-state index contributed by atoms with van der Waals surface area (Å²) in [5.74, 6) is -0.0458. The highest BCUT2D eigenvalue weighted by molar-refractivity contribution is 7.91. The monoisotopic (exact) mass is 290 g/mol. The summed E-state index contributed by atoms with van der Waals surface area (Å²) in [5.41, 5.74) is -0.417. The van der Waals surface area contributed by atoms with Gasteiger partial charge in [0.15, 0.2) is 0 Å². The molecular weight excluding hydrogens is 272 g/mol. The Balaban J connectivity index is 2.66. The Morgan fingerprint density at radius 2 is 2.06 bits per heavy atom. The number of carbonyl (C=O) groups excluding carboxylic acids is 1. The first kappa shape index (κ1) is 15.1. The molecule has 0 aliphatic heterocycles. The first-order valence-electron chi connectivity index (χ1n) is 5.56. The molecule has 1 amide bonds. The van der Waals surface area contributed by atoms with Gasteiger partial charge in [-0.15, -0.1) is 11.3 Å². The zero-order valence-electron chi connectivity index (χ0n) is 10.7. The van der Waals surface area contributed by atoms with Gasteiger partial charge in [0.25, 0.3) is 0 Å². The van der Waals surface area contributed by atoms with Crippen LogP contribution in [0.4, 0.5) is 0 Å². The third kappa shape index (κ3) is 3.79. The SMILES string of the molecule is CCC(C)(C)C(=O)NCc1ccc(S(N)(=O)=O)s1. The molecule has 0 atom stereocenters. The zero-order valence-corrected chi connectivity index (χ0v) is 12.3. The predicted octanol–water partition coefficient (Wildman–Crippen LogP) is 1.45. The van der Waals surface area contributed by atoms with Gasteiger partial charge in [0.1, 0.15) is 4.21 Å². The Labute approximate surface area is 111 Å². The summed E-state index contributed by atoms with van der Waals surface area (Å²) in [5, 5.41) is 7.80. The molecule has 0 aliphatic carbocycles. The molecular formula is C11H18N2O3S2. The molecule has 5 nitrogen and oxygen atoms in total. The van der Waals surface area contributed by atoms with Gasteiger partial charge in [0, 0.05) is 10.3 Å². The molecule has 3 N–H and O–H groups in total. The summed E-state index contributed by atoms with van der Waals surface area (Å²) in [4.78, 5) is 12.6. The highest BCUT2D eigenvalue weighted by Gasteiger charge is 2.24. The normalized spacial score (nSPS) is 12.4. The summed E-state index contributed by atoms with van der Waals surface area (Å²) in [6, 6.07) is 3.11. The van der Waals surface area contributed by atoms with Crippen molar-refractivity contribution in [2.24, 2.45) is 10.6 Å². The fourth-order valence-corrected chi connectivity index (χ4v) is 2.89.